The monoisotopic (exact) mass is 384 g/mol. The number of nitro groups is 1. The van der Waals surface area contributed by atoms with Crippen molar-refractivity contribution in [3.05, 3.63) is 88.1 Å². The summed E-state index contributed by atoms with van der Waals surface area (Å²) in [5.41, 5.74) is 0.362. The van der Waals surface area contributed by atoms with E-state index < -0.39 is 10.8 Å². The zero-order valence-corrected chi connectivity index (χ0v) is 14.8. The van der Waals surface area contributed by atoms with Gasteiger partial charge >= 0.3 is 0 Å². The number of amides is 1. The summed E-state index contributed by atoms with van der Waals surface area (Å²) in [6, 6.07) is 18.6. The summed E-state index contributed by atoms with van der Waals surface area (Å²) in [7, 11) is 0. The fraction of sp³-hybridized carbons (Fsp3) is 0. The quantitative estimate of drug-likeness (QED) is 0.424. The molecule has 0 saturated carbocycles. The van der Waals surface area contributed by atoms with E-state index in [-0.39, 0.29) is 22.6 Å². The number of benzene rings is 2. The average Bonchev–Trinajstić information content (AvgIpc) is 3.15. The number of fused-ring (bicyclic) bond motifs is 1. The highest BCUT2D eigenvalue weighted by atomic mass is 16.6. The van der Waals surface area contributed by atoms with Gasteiger partial charge in [0.05, 0.1) is 16.6 Å². The van der Waals surface area contributed by atoms with Crippen LogP contribution >= 0.6 is 0 Å². The van der Waals surface area contributed by atoms with Gasteiger partial charge in [0.25, 0.3) is 11.6 Å². The van der Waals surface area contributed by atoms with Crippen molar-refractivity contribution in [3.63, 3.8) is 0 Å². The van der Waals surface area contributed by atoms with Crippen molar-refractivity contribution >= 4 is 28.3 Å². The number of hydrogen-bond donors (Lipinski definition) is 1. The second-order valence-electron chi connectivity index (χ2n) is 6.02. The summed E-state index contributed by atoms with van der Waals surface area (Å²) in [6.45, 7) is 0. The highest BCUT2D eigenvalue weighted by Crippen LogP contribution is 2.24. The molecule has 4 rings (SSSR count). The normalized spacial score (nSPS) is 10.4. The van der Waals surface area contributed by atoms with Crippen molar-refractivity contribution in [2.75, 3.05) is 5.32 Å². The number of aromatic nitrogens is 3. The van der Waals surface area contributed by atoms with Gasteiger partial charge in [-0.2, -0.15) is 15.0 Å². The van der Waals surface area contributed by atoms with Crippen LogP contribution in [0.2, 0.25) is 0 Å². The molecule has 9 nitrogen and oxygen atoms in total. The number of nitrogens with zero attached hydrogens (tertiary/aromatic N) is 5. The Morgan fingerprint density at radius 2 is 1.86 bits per heavy atom. The molecule has 0 spiro atoms. The standard InChI is InChI=1S/C20H12N6O3/c21-11-14-12-22-25(18-10-9-13-5-1-3-7-16(13)23-18)19(14)24-20(27)15-6-2-4-8-17(15)26(28)29/h1-10,12H,(H,24,27). The van der Waals surface area contributed by atoms with E-state index in [0.717, 1.165) is 10.9 Å². The van der Waals surface area contributed by atoms with E-state index in [0.29, 0.717) is 5.82 Å². The van der Waals surface area contributed by atoms with Crippen LogP contribution in [0.1, 0.15) is 15.9 Å². The molecule has 2 heterocycles. The Hall–Kier alpha value is -4.58. The molecule has 9 heteroatoms. The van der Waals surface area contributed by atoms with Gasteiger partial charge in [0.2, 0.25) is 0 Å². The Morgan fingerprint density at radius 1 is 1.10 bits per heavy atom. The summed E-state index contributed by atoms with van der Waals surface area (Å²) < 4.78 is 1.32. The van der Waals surface area contributed by atoms with Crippen molar-refractivity contribution in [3.8, 4) is 11.9 Å². The molecule has 0 aliphatic heterocycles. The van der Waals surface area contributed by atoms with Gasteiger partial charge in [0, 0.05) is 11.5 Å². The Kier molecular flexibility index (Phi) is 4.43. The second kappa shape index (κ2) is 7.21. The summed E-state index contributed by atoms with van der Waals surface area (Å²) in [4.78, 5) is 27.8. The zero-order chi connectivity index (χ0) is 20.4. The number of hydrogen-bond acceptors (Lipinski definition) is 6. The largest absolute Gasteiger partial charge is 0.305 e. The first kappa shape index (κ1) is 17.8. The molecule has 0 unspecified atom stereocenters. The van der Waals surface area contributed by atoms with Crippen molar-refractivity contribution in [1.29, 1.82) is 5.26 Å². The number of carbonyl (C=O) groups excluding carboxylic acids is 1. The molecule has 1 N–H and O–H groups in total. The summed E-state index contributed by atoms with van der Waals surface area (Å²) >= 11 is 0. The van der Waals surface area contributed by atoms with E-state index in [1.807, 2.05) is 36.4 Å². The lowest BCUT2D eigenvalue weighted by Crippen LogP contribution is -2.17. The first-order valence-electron chi connectivity index (χ1n) is 8.47. The van der Waals surface area contributed by atoms with Gasteiger partial charge in [-0.1, -0.05) is 30.3 Å². The van der Waals surface area contributed by atoms with E-state index in [1.165, 1.54) is 35.1 Å². The van der Waals surface area contributed by atoms with Gasteiger partial charge in [-0.05, 0) is 24.3 Å². The van der Waals surface area contributed by atoms with Gasteiger partial charge in [-0.25, -0.2) is 4.98 Å². The number of carbonyl (C=O) groups is 1. The Balaban J connectivity index is 1.77. The summed E-state index contributed by atoms with van der Waals surface area (Å²) in [5, 5.41) is 28.2. The van der Waals surface area contributed by atoms with E-state index in [9.17, 15) is 20.2 Å². The molecule has 0 bridgehead atoms. The number of rotatable bonds is 4. The fourth-order valence-electron chi connectivity index (χ4n) is 2.90. The molecule has 0 atom stereocenters. The van der Waals surface area contributed by atoms with Crippen LogP contribution in [0.3, 0.4) is 0 Å². The molecule has 2 aromatic heterocycles. The number of nitriles is 1. The highest BCUT2D eigenvalue weighted by molar-refractivity contribution is 6.07. The van der Waals surface area contributed by atoms with Gasteiger partial charge in [-0.3, -0.25) is 14.9 Å². The van der Waals surface area contributed by atoms with Crippen LogP contribution in [0.5, 0.6) is 0 Å². The molecule has 0 aliphatic carbocycles. The minimum absolute atomic E-state index is 0.0819. The molecule has 4 aromatic rings. The van der Waals surface area contributed by atoms with Crippen molar-refractivity contribution in [2.24, 2.45) is 0 Å². The van der Waals surface area contributed by atoms with E-state index >= 15 is 0 Å². The average molecular weight is 384 g/mol. The summed E-state index contributed by atoms with van der Waals surface area (Å²) in [6.07, 6.45) is 1.30. The van der Waals surface area contributed by atoms with E-state index in [2.05, 4.69) is 15.4 Å². The van der Waals surface area contributed by atoms with Crippen LogP contribution < -0.4 is 5.32 Å². The number of pyridine rings is 1. The lowest BCUT2D eigenvalue weighted by molar-refractivity contribution is -0.385. The molecule has 0 saturated heterocycles. The third-order valence-corrected chi connectivity index (χ3v) is 4.27. The molecular weight excluding hydrogens is 372 g/mol. The lowest BCUT2D eigenvalue weighted by atomic mass is 10.1. The van der Waals surface area contributed by atoms with Crippen molar-refractivity contribution < 1.29 is 9.72 Å². The molecule has 0 radical (unpaired) electrons. The fourth-order valence-corrected chi connectivity index (χ4v) is 2.90. The minimum Gasteiger partial charge on any atom is -0.305 e. The maximum Gasteiger partial charge on any atom is 0.282 e. The molecule has 0 fully saturated rings. The van der Waals surface area contributed by atoms with Gasteiger partial charge in [0.15, 0.2) is 11.6 Å². The predicted molar refractivity (Wildman–Crippen MR) is 105 cm³/mol. The first-order valence-corrected chi connectivity index (χ1v) is 8.47. The SMILES string of the molecule is N#Cc1cnn(-c2ccc3ccccc3n2)c1NC(=O)c1ccccc1[N+](=O)[O-]. The Bertz CT molecular complexity index is 1310. The van der Waals surface area contributed by atoms with Crippen LogP contribution in [-0.2, 0) is 0 Å². The molecule has 2 aromatic carbocycles. The van der Waals surface area contributed by atoms with Crippen LogP contribution in [0, 0.1) is 21.4 Å². The van der Waals surface area contributed by atoms with Crippen LogP contribution in [0.15, 0.2) is 66.9 Å². The van der Waals surface area contributed by atoms with Crippen LogP contribution in [0.25, 0.3) is 16.7 Å². The molecule has 140 valence electrons. The third kappa shape index (κ3) is 3.26. The van der Waals surface area contributed by atoms with Crippen LogP contribution in [0.4, 0.5) is 11.5 Å². The zero-order valence-electron chi connectivity index (χ0n) is 14.8. The maximum atomic E-state index is 12.7. The lowest BCUT2D eigenvalue weighted by Gasteiger charge is -2.10. The Labute approximate surface area is 164 Å². The number of nitro benzene ring substituents is 1. The molecular formula is C20H12N6O3. The van der Waals surface area contributed by atoms with Gasteiger partial charge < -0.3 is 5.32 Å². The molecule has 29 heavy (non-hydrogen) atoms. The van der Waals surface area contributed by atoms with Crippen molar-refractivity contribution in [1.82, 2.24) is 14.8 Å². The Morgan fingerprint density at radius 3 is 2.66 bits per heavy atom. The first-order chi connectivity index (χ1) is 14.1. The highest BCUT2D eigenvalue weighted by Gasteiger charge is 2.22. The van der Waals surface area contributed by atoms with Crippen LogP contribution in [-0.4, -0.2) is 25.6 Å². The van der Waals surface area contributed by atoms with Gasteiger partial charge in [0.1, 0.15) is 17.2 Å². The smallest absolute Gasteiger partial charge is 0.282 e. The van der Waals surface area contributed by atoms with Gasteiger partial charge in [-0.15, -0.1) is 0 Å². The maximum absolute atomic E-state index is 12.7. The third-order valence-electron chi connectivity index (χ3n) is 4.27. The summed E-state index contributed by atoms with van der Waals surface area (Å²) in [5.74, 6) is -0.252. The number of anilines is 1. The number of para-hydroxylation sites is 2. The van der Waals surface area contributed by atoms with E-state index in [1.54, 1.807) is 6.07 Å². The predicted octanol–water partition coefficient (Wildman–Crippen LogP) is 3.45. The topological polar surface area (TPSA) is 127 Å². The molecule has 0 aliphatic rings. The van der Waals surface area contributed by atoms with E-state index in [4.69, 9.17) is 0 Å². The van der Waals surface area contributed by atoms with Crippen molar-refractivity contribution in [2.45, 2.75) is 0 Å². The number of nitrogens with one attached hydrogen (secondary N) is 1. The second-order valence-corrected chi connectivity index (χ2v) is 6.02. The minimum atomic E-state index is -0.726. The molecule has 1 amide bonds.